The van der Waals surface area contributed by atoms with Crippen molar-refractivity contribution in [3.8, 4) is 0 Å². The van der Waals surface area contributed by atoms with Crippen LogP contribution in [0.25, 0.3) is 0 Å². The summed E-state index contributed by atoms with van der Waals surface area (Å²) in [7, 11) is 0. The summed E-state index contributed by atoms with van der Waals surface area (Å²) in [6.07, 6.45) is 6.34. The van der Waals surface area contributed by atoms with Gasteiger partial charge in [-0.25, -0.2) is 9.59 Å². The number of ether oxygens (including phenoxy) is 2. The summed E-state index contributed by atoms with van der Waals surface area (Å²) >= 11 is 0. The predicted molar refractivity (Wildman–Crippen MR) is 82.5 cm³/mol. The first-order valence-corrected chi connectivity index (χ1v) is 7.72. The molecular formula is C17H23NO4. The minimum atomic E-state index is -0.392. The number of allylic oxidation sites excluding steroid dienone is 1. The Labute approximate surface area is 131 Å². The number of rotatable bonds is 6. The first kappa shape index (κ1) is 16.3. The number of hydrogen-bond acceptors (Lipinski definition) is 5. The van der Waals surface area contributed by atoms with E-state index in [0.29, 0.717) is 23.7 Å². The number of carbonyl (C=O) groups is 2. The lowest BCUT2D eigenvalue weighted by Gasteiger charge is -2.37. The van der Waals surface area contributed by atoms with Crippen molar-refractivity contribution in [2.75, 3.05) is 13.2 Å². The molecule has 0 aromatic heterocycles. The van der Waals surface area contributed by atoms with Gasteiger partial charge in [0.1, 0.15) is 6.61 Å². The summed E-state index contributed by atoms with van der Waals surface area (Å²) in [6.45, 7) is 7.62. The Balaban J connectivity index is 2.29. The molecule has 0 aromatic carbocycles. The first-order chi connectivity index (χ1) is 10.6. The third-order valence-electron chi connectivity index (χ3n) is 4.18. The van der Waals surface area contributed by atoms with E-state index < -0.39 is 5.97 Å². The standard InChI is InChI=1S/C17H23NO4/c1-4-9-22-17(20)14-11(3)18-10-13(16(19)21-5-2)15(14)12-7-6-8-12/h4,10,12,15,18H,1,5-9H2,2-3H3/t15-/m1/s1. The van der Waals surface area contributed by atoms with Gasteiger partial charge in [-0.05, 0) is 32.6 Å². The fourth-order valence-corrected chi connectivity index (χ4v) is 2.90. The van der Waals surface area contributed by atoms with E-state index in [2.05, 4.69) is 11.9 Å². The molecule has 1 atom stereocenters. The molecule has 0 spiro atoms. The van der Waals surface area contributed by atoms with Gasteiger partial charge in [-0.2, -0.15) is 0 Å². The van der Waals surface area contributed by atoms with E-state index in [0.717, 1.165) is 25.0 Å². The van der Waals surface area contributed by atoms with Crippen LogP contribution in [-0.2, 0) is 19.1 Å². The molecule has 5 heteroatoms. The molecule has 1 heterocycles. The molecule has 0 amide bonds. The number of hydrogen-bond donors (Lipinski definition) is 1. The Hall–Kier alpha value is -2.04. The maximum Gasteiger partial charge on any atom is 0.336 e. The SMILES string of the molecule is C=CCOC(=O)C1=C(C)NC=C(C(=O)OCC)[C@H]1C1CCC1. The zero-order valence-electron chi connectivity index (χ0n) is 13.2. The summed E-state index contributed by atoms with van der Waals surface area (Å²) in [6, 6.07) is 0. The summed E-state index contributed by atoms with van der Waals surface area (Å²) in [4.78, 5) is 24.6. The van der Waals surface area contributed by atoms with Gasteiger partial charge in [0.25, 0.3) is 0 Å². The zero-order valence-corrected chi connectivity index (χ0v) is 13.2. The monoisotopic (exact) mass is 305 g/mol. The highest BCUT2D eigenvalue weighted by Gasteiger charge is 2.41. The third kappa shape index (κ3) is 3.24. The lowest BCUT2D eigenvalue weighted by Crippen LogP contribution is -2.37. The molecule has 0 radical (unpaired) electrons. The van der Waals surface area contributed by atoms with Crippen LogP contribution in [0.4, 0.5) is 0 Å². The molecule has 1 aliphatic carbocycles. The van der Waals surface area contributed by atoms with E-state index in [4.69, 9.17) is 9.47 Å². The topological polar surface area (TPSA) is 64.6 Å². The van der Waals surface area contributed by atoms with Crippen LogP contribution in [0.2, 0.25) is 0 Å². The zero-order chi connectivity index (χ0) is 16.1. The number of esters is 2. The second kappa shape index (κ2) is 7.29. The predicted octanol–water partition coefficient (Wildman–Crippen LogP) is 2.46. The van der Waals surface area contributed by atoms with Gasteiger partial charge in [0.05, 0.1) is 17.8 Å². The molecule has 2 aliphatic rings. The second-order valence-corrected chi connectivity index (χ2v) is 5.56. The minimum Gasteiger partial charge on any atom is -0.463 e. The molecule has 0 bridgehead atoms. The van der Waals surface area contributed by atoms with Crippen LogP contribution in [0, 0.1) is 11.8 Å². The van der Waals surface area contributed by atoms with E-state index in [1.165, 1.54) is 6.08 Å². The molecule has 1 saturated carbocycles. The summed E-state index contributed by atoms with van der Waals surface area (Å²) in [5, 5.41) is 3.00. The molecule has 120 valence electrons. The van der Waals surface area contributed by atoms with Crippen LogP contribution < -0.4 is 5.32 Å². The van der Waals surface area contributed by atoms with E-state index in [9.17, 15) is 9.59 Å². The fraction of sp³-hybridized carbons (Fsp3) is 0.529. The Bertz CT molecular complexity index is 529. The molecule has 1 fully saturated rings. The number of nitrogens with one attached hydrogen (secondary N) is 1. The smallest absolute Gasteiger partial charge is 0.336 e. The summed E-state index contributed by atoms with van der Waals surface area (Å²) in [5.74, 6) is -0.713. The van der Waals surface area contributed by atoms with Gasteiger partial charge in [0.2, 0.25) is 0 Å². The third-order valence-corrected chi connectivity index (χ3v) is 4.18. The van der Waals surface area contributed by atoms with E-state index in [-0.39, 0.29) is 18.5 Å². The highest BCUT2D eigenvalue weighted by molar-refractivity contribution is 5.97. The highest BCUT2D eigenvalue weighted by Crippen LogP contribution is 2.43. The van der Waals surface area contributed by atoms with Crippen molar-refractivity contribution in [3.63, 3.8) is 0 Å². The molecule has 2 rings (SSSR count). The molecule has 0 unspecified atom stereocenters. The summed E-state index contributed by atoms with van der Waals surface area (Å²) < 4.78 is 10.3. The van der Waals surface area contributed by atoms with Crippen molar-refractivity contribution in [2.45, 2.75) is 33.1 Å². The lowest BCUT2D eigenvalue weighted by molar-refractivity contribution is -0.140. The lowest BCUT2D eigenvalue weighted by atomic mass is 9.68. The molecule has 22 heavy (non-hydrogen) atoms. The maximum atomic E-state index is 12.4. The Kier molecular flexibility index (Phi) is 5.41. The van der Waals surface area contributed by atoms with Crippen molar-refractivity contribution in [1.29, 1.82) is 0 Å². The van der Waals surface area contributed by atoms with E-state index >= 15 is 0 Å². The number of carbonyl (C=O) groups excluding carboxylic acids is 2. The van der Waals surface area contributed by atoms with Gasteiger partial charge in [-0.15, -0.1) is 0 Å². The Morgan fingerprint density at radius 3 is 2.64 bits per heavy atom. The van der Waals surface area contributed by atoms with Crippen LogP contribution >= 0.6 is 0 Å². The van der Waals surface area contributed by atoms with Gasteiger partial charge >= 0.3 is 11.9 Å². The molecule has 1 N–H and O–H groups in total. The van der Waals surface area contributed by atoms with Gasteiger partial charge in [0, 0.05) is 17.8 Å². The normalized spacial score (nSPS) is 21.4. The first-order valence-electron chi connectivity index (χ1n) is 7.72. The van der Waals surface area contributed by atoms with E-state index in [1.807, 2.05) is 6.92 Å². The average molecular weight is 305 g/mol. The van der Waals surface area contributed by atoms with Crippen LogP contribution in [0.5, 0.6) is 0 Å². The highest BCUT2D eigenvalue weighted by atomic mass is 16.5. The van der Waals surface area contributed by atoms with Crippen molar-refractivity contribution in [1.82, 2.24) is 5.32 Å². The van der Waals surface area contributed by atoms with Gasteiger partial charge in [0.15, 0.2) is 0 Å². The van der Waals surface area contributed by atoms with Crippen molar-refractivity contribution in [2.24, 2.45) is 11.8 Å². The molecule has 1 aliphatic heterocycles. The summed E-state index contributed by atoms with van der Waals surface area (Å²) in [5.41, 5.74) is 1.79. The average Bonchev–Trinajstić information content (AvgIpc) is 2.43. The molecular weight excluding hydrogens is 282 g/mol. The molecule has 0 aromatic rings. The maximum absolute atomic E-state index is 12.4. The minimum absolute atomic E-state index is 0.158. The van der Waals surface area contributed by atoms with E-state index in [1.54, 1.807) is 13.1 Å². The fourth-order valence-electron chi connectivity index (χ4n) is 2.90. The Morgan fingerprint density at radius 1 is 1.36 bits per heavy atom. The van der Waals surface area contributed by atoms with Gasteiger partial charge < -0.3 is 14.8 Å². The Morgan fingerprint density at radius 2 is 2.09 bits per heavy atom. The van der Waals surface area contributed by atoms with Crippen LogP contribution in [0.3, 0.4) is 0 Å². The largest absolute Gasteiger partial charge is 0.463 e. The van der Waals surface area contributed by atoms with Crippen LogP contribution in [0.1, 0.15) is 33.1 Å². The van der Waals surface area contributed by atoms with Crippen molar-refractivity contribution < 1.29 is 19.1 Å². The quantitative estimate of drug-likeness (QED) is 0.603. The molecule has 0 saturated heterocycles. The molecule has 5 nitrogen and oxygen atoms in total. The van der Waals surface area contributed by atoms with Gasteiger partial charge in [-0.3, -0.25) is 0 Å². The van der Waals surface area contributed by atoms with Crippen molar-refractivity contribution >= 4 is 11.9 Å². The van der Waals surface area contributed by atoms with Crippen LogP contribution in [0.15, 0.2) is 35.7 Å². The van der Waals surface area contributed by atoms with Crippen LogP contribution in [-0.4, -0.2) is 25.2 Å². The van der Waals surface area contributed by atoms with Crippen molar-refractivity contribution in [3.05, 3.63) is 35.7 Å². The second-order valence-electron chi connectivity index (χ2n) is 5.56. The van der Waals surface area contributed by atoms with Gasteiger partial charge in [-0.1, -0.05) is 19.1 Å². The number of dihydropyridines is 1.